The van der Waals surface area contributed by atoms with E-state index < -0.39 is 48.9 Å². The first-order valence-corrected chi connectivity index (χ1v) is 10.0. The van der Waals surface area contributed by atoms with Crippen molar-refractivity contribution in [3.05, 3.63) is 23.5 Å². The first-order chi connectivity index (χ1) is 14.0. The van der Waals surface area contributed by atoms with Crippen LogP contribution < -0.4 is 5.73 Å². The van der Waals surface area contributed by atoms with Crippen molar-refractivity contribution >= 4 is 17.5 Å². The van der Waals surface area contributed by atoms with E-state index in [9.17, 15) is 34.8 Å². The highest BCUT2D eigenvalue weighted by Gasteiger charge is 2.48. The lowest BCUT2D eigenvalue weighted by Crippen LogP contribution is -2.58. The minimum absolute atomic E-state index is 0.0671. The number of primary amides is 1. The number of likely N-dealkylation sites (N-methyl/N-ethyl adjacent to an activating group) is 1. The van der Waals surface area contributed by atoms with Gasteiger partial charge in [-0.3, -0.25) is 14.4 Å². The van der Waals surface area contributed by atoms with Crippen LogP contribution >= 0.6 is 0 Å². The van der Waals surface area contributed by atoms with E-state index in [-0.39, 0.29) is 30.3 Å². The molecule has 4 atom stereocenters. The molecule has 1 fully saturated rings. The minimum Gasteiger partial charge on any atom is -0.508 e. The molecule has 1 rings (SSSR count). The van der Waals surface area contributed by atoms with E-state index in [0.717, 1.165) is 0 Å². The van der Waals surface area contributed by atoms with Crippen LogP contribution in [-0.4, -0.2) is 81.8 Å². The average Bonchev–Trinajstić information content (AvgIpc) is 2.66. The Morgan fingerprint density at radius 3 is 2.40 bits per heavy atom. The van der Waals surface area contributed by atoms with E-state index in [1.807, 2.05) is 0 Å². The third-order valence-electron chi connectivity index (χ3n) is 5.82. The first kappa shape index (κ1) is 26.0. The number of hydrogen-bond acceptors (Lipinski definition) is 8. The molecule has 0 aliphatic heterocycles. The lowest BCUT2D eigenvalue weighted by Gasteiger charge is -2.42. The lowest BCUT2D eigenvalue weighted by molar-refractivity contribution is -0.157. The van der Waals surface area contributed by atoms with E-state index in [0.29, 0.717) is 18.4 Å². The maximum atomic E-state index is 12.6. The summed E-state index contributed by atoms with van der Waals surface area (Å²) in [6.45, 7) is 0.381. The quantitative estimate of drug-likeness (QED) is 0.173. The van der Waals surface area contributed by atoms with Crippen molar-refractivity contribution in [1.82, 2.24) is 4.90 Å². The molecule has 0 aromatic carbocycles. The van der Waals surface area contributed by atoms with Crippen LogP contribution in [0.15, 0.2) is 23.5 Å². The normalized spacial score (nSPS) is 23.3. The fourth-order valence-corrected chi connectivity index (χ4v) is 4.11. The Kier molecular flexibility index (Phi) is 9.83. The number of carbonyl (C=O) groups is 3. The van der Waals surface area contributed by atoms with E-state index in [4.69, 9.17) is 5.73 Å². The summed E-state index contributed by atoms with van der Waals surface area (Å²) in [5, 5.41) is 40.8. The Balaban J connectivity index is 3.20. The second kappa shape index (κ2) is 11.4. The number of Topliss-reactive ketones (excluding diaryl/α,β-unsaturated/α-hetero) is 2. The number of amides is 1. The van der Waals surface area contributed by atoms with Gasteiger partial charge in [-0.15, -0.1) is 0 Å². The number of ketones is 2. The number of allylic oxidation sites excluding steroid dienone is 3. The molecule has 1 aliphatic rings. The highest BCUT2D eigenvalue weighted by Crippen LogP contribution is 2.37. The standard InChI is InChI=1S/C21H34N2O7/c1-4-5-17(26)14-7-6-13(9-18(14)27)8-15(16(11-24)23(2)3)21(30,12-25)19(28)10-20(22)29/h4-5,13,15-16,24-26,30H,6-12H2,1-3H3,(H2,22,29)/b5-4-,17-14-/t13-,15-,16-,21+/m0/s1. The van der Waals surface area contributed by atoms with Crippen LogP contribution in [0, 0.1) is 11.8 Å². The second-order valence-corrected chi connectivity index (χ2v) is 8.10. The Bertz CT molecular complexity index is 701. The van der Waals surface area contributed by atoms with Gasteiger partial charge in [0, 0.05) is 24.0 Å². The van der Waals surface area contributed by atoms with E-state index >= 15 is 0 Å². The summed E-state index contributed by atoms with van der Waals surface area (Å²) >= 11 is 0. The molecule has 0 heterocycles. The van der Waals surface area contributed by atoms with Crippen LogP contribution in [0.4, 0.5) is 0 Å². The van der Waals surface area contributed by atoms with Gasteiger partial charge in [-0.2, -0.15) is 0 Å². The van der Waals surface area contributed by atoms with Crippen molar-refractivity contribution in [1.29, 1.82) is 0 Å². The van der Waals surface area contributed by atoms with Crippen molar-refractivity contribution < 1.29 is 34.8 Å². The van der Waals surface area contributed by atoms with Crippen LogP contribution in [0.25, 0.3) is 0 Å². The highest BCUT2D eigenvalue weighted by atomic mass is 16.3. The molecule has 30 heavy (non-hydrogen) atoms. The fraction of sp³-hybridized carbons (Fsp3) is 0.667. The summed E-state index contributed by atoms with van der Waals surface area (Å²) < 4.78 is 0. The molecule has 1 amide bonds. The zero-order valence-electron chi connectivity index (χ0n) is 17.9. The summed E-state index contributed by atoms with van der Waals surface area (Å²) in [5.74, 6) is -3.32. The van der Waals surface area contributed by atoms with Gasteiger partial charge in [-0.25, -0.2) is 0 Å². The van der Waals surface area contributed by atoms with Gasteiger partial charge in [0.15, 0.2) is 17.2 Å². The number of rotatable bonds is 11. The fourth-order valence-electron chi connectivity index (χ4n) is 4.11. The molecule has 9 heteroatoms. The molecule has 0 unspecified atom stereocenters. The predicted octanol–water partition coefficient (Wildman–Crippen LogP) is -0.159. The Morgan fingerprint density at radius 2 is 1.97 bits per heavy atom. The first-order valence-electron chi connectivity index (χ1n) is 10.0. The van der Waals surface area contributed by atoms with Crippen molar-refractivity contribution in [2.75, 3.05) is 27.3 Å². The van der Waals surface area contributed by atoms with Gasteiger partial charge in [0.05, 0.1) is 19.6 Å². The predicted molar refractivity (Wildman–Crippen MR) is 110 cm³/mol. The van der Waals surface area contributed by atoms with Crippen LogP contribution in [0.3, 0.4) is 0 Å². The van der Waals surface area contributed by atoms with E-state index in [1.54, 1.807) is 32.0 Å². The van der Waals surface area contributed by atoms with Crippen LogP contribution in [0.1, 0.15) is 39.0 Å². The molecule has 6 N–H and O–H groups in total. The topological polar surface area (TPSA) is 161 Å². The smallest absolute Gasteiger partial charge is 0.224 e. The van der Waals surface area contributed by atoms with Crippen molar-refractivity contribution in [3.8, 4) is 0 Å². The monoisotopic (exact) mass is 426 g/mol. The number of hydrogen-bond donors (Lipinski definition) is 5. The van der Waals surface area contributed by atoms with E-state index in [2.05, 4.69) is 0 Å². The largest absolute Gasteiger partial charge is 0.508 e. The lowest BCUT2D eigenvalue weighted by atomic mass is 9.70. The summed E-state index contributed by atoms with van der Waals surface area (Å²) in [6, 6.07) is -0.706. The van der Waals surface area contributed by atoms with Gasteiger partial charge in [0.2, 0.25) is 5.91 Å². The zero-order valence-corrected chi connectivity index (χ0v) is 17.9. The highest BCUT2D eigenvalue weighted by molar-refractivity contribution is 6.02. The Hall–Kier alpha value is -2.07. The number of aliphatic hydroxyl groups excluding tert-OH is 3. The maximum absolute atomic E-state index is 12.6. The SMILES string of the molecule is C/C=C\C(O)=C1/CC[C@@H](C[C@@H]([C@H](CO)N(C)C)[C@](O)(CO)C(=O)CC(N)=O)CC1=O. The molecular formula is C21H34N2O7. The van der Waals surface area contributed by atoms with Crippen LogP contribution in [0.5, 0.6) is 0 Å². The second-order valence-electron chi connectivity index (χ2n) is 8.10. The average molecular weight is 427 g/mol. The zero-order chi connectivity index (χ0) is 23.1. The van der Waals surface area contributed by atoms with Crippen molar-refractivity contribution in [2.45, 2.75) is 50.7 Å². The number of carbonyl (C=O) groups excluding carboxylic acids is 3. The summed E-state index contributed by atoms with van der Waals surface area (Å²) in [5.41, 5.74) is 3.14. The van der Waals surface area contributed by atoms with Gasteiger partial charge in [0.1, 0.15) is 5.76 Å². The minimum atomic E-state index is -2.29. The van der Waals surface area contributed by atoms with Crippen molar-refractivity contribution in [2.24, 2.45) is 17.6 Å². The summed E-state index contributed by atoms with van der Waals surface area (Å²) in [4.78, 5) is 38.0. The van der Waals surface area contributed by atoms with Gasteiger partial charge >= 0.3 is 0 Å². The summed E-state index contributed by atoms with van der Waals surface area (Å²) in [7, 11) is 3.32. The number of nitrogens with zero attached hydrogens (tertiary/aromatic N) is 1. The van der Waals surface area contributed by atoms with Gasteiger partial charge in [0.25, 0.3) is 0 Å². The Labute approximate surface area is 176 Å². The molecule has 0 spiro atoms. The molecule has 0 aromatic heterocycles. The molecule has 170 valence electrons. The van der Waals surface area contributed by atoms with Gasteiger partial charge in [-0.05, 0) is 52.3 Å². The molecule has 0 aromatic rings. The van der Waals surface area contributed by atoms with Crippen LogP contribution in [-0.2, 0) is 14.4 Å². The van der Waals surface area contributed by atoms with Crippen LogP contribution in [0.2, 0.25) is 0 Å². The maximum Gasteiger partial charge on any atom is 0.224 e. The molecular weight excluding hydrogens is 392 g/mol. The molecule has 9 nitrogen and oxygen atoms in total. The molecule has 0 saturated heterocycles. The molecule has 0 radical (unpaired) electrons. The molecule has 1 aliphatic carbocycles. The summed E-state index contributed by atoms with van der Waals surface area (Å²) in [6.07, 6.45) is 3.47. The molecule has 0 bridgehead atoms. The molecule has 1 saturated carbocycles. The third-order valence-corrected chi connectivity index (χ3v) is 5.82. The van der Waals surface area contributed by atoms with Gasteiger partial charge < -0.3 is 31.1 Å². The number of aliphatic hydroxyl groups is 4. The Morgan fingerprint density at radius 1 is 1.33 bits per heavy atom. The number of nitrogens with two attached hydrogens (primary N) is 1. The third kappa shape index (κ3) is 6.21. The van der Waals surface area contributed by atoms with Crippen molar-refractivity contribution in [3.63, 3.8) is 0 Å². The van der Waals surface area contributed by atoms with Gasteiger partial charge in [-0.1, -0.05) is 6.08 Å². The van der Waals surface area contributed by atoms with E-state index in [1.165, 1.54) is 6.08 Å².